The molecule has 1 fully saturated rings. The van der Waals surface area contributed by atoms with Crippen molar-refractivity contribution >= 4 is 11.6 Å². The van der Waals surface area contributed by atoms with Gasteiger partial charge in [0, 0.05) is 30.4 Å². The maximum absolute atomic E-state index is 13.0. The molecular weight excluding hydrogens is 352 g/mol. The largest absolute Gasteiger partial charge is 0.490 e. The minimum Gasteiger partial charge on any atom is -0.490 e. The molecule has 1 N–H and O–H groups in total. The maximum atomic E-state index is 13.0. The van der Waals surface area contributed by atoms with Gasteiger partial charge in [-0.2, -0.15) is 0 Å². The Morgan fingerprint density at radius 3 is 2.46 bits per heavy atom. The molecule has 1 atom stereocenters. The van der Waals surface area contributed by atoms with Crippen LogP contribution in [0.15, 0.2) is 48.5 Å². The van der Waals surface area contributed by atoms with Gasteiger partial charge in [-0.1, -0.05) is 32.0 Å². The molecule has 3 rings (SSSR count). The molecule has 1 aliphatic heterocycles. The Kier molecular flexibility index (Phi) is 7.18. The van der Waals surface area contributed by atoms with Crippen LogP contribution in [0.2, 0.25) is 0 Å². The van der Waals surface area contributed by atoms with Gasteiger partial charge in [-0.15, -0.1) is 0 Å². The van der Waals surface area contributed by atoms with E-state index in [0.29, 0.717) is 36.8 Å². The Bertz CT molecular complexity index is 764. The van der Waals surface area contributed by atoms with Crippen LogP contribution in [-0.2, 0) is 0 Å². The molecule has 28 heavy (non-hydrogen) atoms. The second-order valence-electron chi connectivity index (χ2n) is 7.11. The molecule has 2 aromatic carbocycles. The van der Waals surface area contributed by atoms with Crippen molar-refractivity contribution in [2.24, 2.45) is 0 Å². The summed E-state index contributed by atoms with van der Waals surface area (Å²) >= 11 is 0. The quantitative estimate of drug-likeness (QED) is 0.689. The molecule has 1 saturated heterocycles. The molecule has 0 radical (unpaired) electrons. The Hall–Kier alpha value is -2.69. The number of hydrogen-bond donors (Lipinski definition) is 1. The van der Waals surface area contributed by atoms with Crippen molar-refractivity contribution in [3.05, 3.63) is 54.1 Å². The van der Waals surface area contributed by atoms with Crippen molar-refractivity contribution in [3.8, 4) is 11.5 Å². The molecule has 1 unspecified atom stereocenters. The highest BCUT2D eigenvalue weighted by Crippen LogP contribution is 2.30. The highest BCUT2D eigenvalue weighted by Gasteiger charge is 2.27. The minimum absolute atomic E-state index is 0.0424. The summed E-state index contributed by atoms with van der Waals surface area (Å²) in [6, 6.07) is 15.9. The molecular formula is C23H30N2O3. The molecule has 1 aliphatic rings. The van der Waals surface area contributed by atoms with E-state index in [1.807, 2.05) is 41.3 Å². The highest BCUT2D eigenvalue weighted by atomic mass is 16.5. The lowest BCUT2D eigenvalue weighted by Gasteiger charge is -2.19. The average Bonchev–Trinajstić information content (AvgIpc) is 3.19. The highest BCUT2D eigenvalue weighted by molar-refractivity contribution is 5.95. The first-order chi connectivity index (χ1) is 13.7. The number of ether oxygens (including phenoxy) is 2. The second kappa shape index (κ2) is 10.0. The summed E-state index contributed by atoms with van der Waals surface area (Å²) in [5.74, 6) is 1.40. The van der Waals surface area contributed by atoms with Crippen molar-refractivity contribution in [1.29, 1.82) is 0 Å². The lowest BCUT2D eigenvalue weighted by molar-refractivity contribution is 0.0791. The number of carbonyl (C=O) groups excluding carboxylic acids is 1. The first-order valence-electron chi connectivity index (χ1n) is 10.2. The zero-order chi connectivity index (χ0) is 19.8. The number of nitrogens with zero attached hydrogens (tertiary/aromatic N) is 1. The van der Waals surface area contributed by atoms with Gasteiger partial charge in [0.05, 0.1) is 13.2 Å². The van der Waals surface area contributed by atoms with E-state index in [1.54, 1.807) is 0 Å². The second-order valence-corrected chi connectivity index (χ2v) is 7.11. The van der Waals surface area contributed by atoms with Crippen LogP contribution in [0.4, 0.5) is 5.69 Å². The van der Waals surface area contributed by atoms with Crippen molar-refractivity contribution in [3.63, 3.8) is 0 Å². The van der Waals surface area contributed by atoms with E-state index in [2.05, 4.69) is 31.3 Å². The Morgan fingerprint density at radius 1 is 1.04 bits per heavy atom. The third-order valence-corrected chi connectivity index (χ3v) is 4.73. The van der Waals surface area contributed by atoms with E-state index >= 15 is 0 Å². The molecule has 2 aromatic rings. The van der Waals surface area contributed by atoms with E-state index in [-0.39, 0.29) is 11.9 Å². The summed E-state index contributed by atoms with van der Waals surface area (Å²) in [6.45, 7) is 6.82. The Balaban J connectivity index is 1.66. The first-order valence-corrected chi connectivity index (χ1v) is 10.2. The number of nitrogens with one attached hydrogen (secondary N) is 1. The van der Waals surface area contributed by atoms with Crippen molar-refractivity contribution in [1.82, 2.24) is 4.90 Å². The third kappa shape index (κ3) is 5.18. The lowest BCUT2D eigenvalue weighted by atomic mass is 10.1. The van der Waals surface area contributed by atoms with Crippen molar-refractivity contribution < 1.29 is 14.3 Å². The number of anilines is 1. The number of benzene rings is 2. The van der Waals surface area contributed by atoms with E-state index in [4.69, 9.17) is 9.47 Å². The van der Waals surface area contributed by atoms with E-state index in [0.717, 1.165) is 31.5 Å². The fourth-order valence-electron chi connectivity index (χ4n) is 3.31. The zero-order valence-corrected chi connectivity index (χ0v) is 16.8. The van der Waals surface area contributed by atoms with Gasteiger partial charge in [-0.3, -0.25) is 4.79 Å². The fraction of sp³-hybridized carbons (Fsp3) is 0.435. The van der Waals surface area contributed by atoms with Crippen molar-refractivity contribution in [2.45, 2.75) is 39.2 Å². The van der Waals surface area contributed by atoms with Crippen LogP contribution in [0.25, 0.3) is 0 Å². The van der Waals surface area contributed by atoms with Crippen LogP contribution >= 0.6 is 0 Å². The first kappa shape index (κ1) is 20.1. The molecule has 5 heteroatoms. The van der Waals surface area contributed by atoms with Crippen molar-refractivity contribution in [2.75, 3.05) is 31.6 Å². The minimum atomic E-state index is 0.0424. The SMILES string of the molecule is CCCOc1ccc(C(=O)N2CCC(Nc3ccccc3)C2)cc1OCCC. The summed E-state index contributed by atoms with van der Waals surface area (Å²) in [7, 11) is 0. The Labute approximate surface area is 167 Å². The van der Waals surface area contributed by atoms with Gasteiger partial charge in [0.15, 0.2) is 11.5 Å². The van der Waals surface area contributed by atoms with Crippen LogP contribution in [0, 0.1) is 0 Å². The smallest absolute Gasteiger partial charge is 0.254 e. The van der Waals surface area contributed by atoms with E-state index in [1.165, 1.54) is 0 Å². The number of rotatable bonds is 9. The molecule has 0 bridgehead atoms. The van der Waals surface area contributed by atoms with Gasteiger partial charge in [0.25, 0.3) is 5.91 Å². The number of amides is 1. The molecule has 150 valence electrons. The fourth-order valence-corrected chi connectivity index (χ4v) is 3.31. The molecule has 0 saturated carbocycles. The molecule has 5 nitrogen and oxygen atoms in total. The predicted molar refractivity (Wildman–Crippen MR) is 112 cm³/mol. The average molecular weight is 383 g/mol. The number of para-hydroxylation sites is 1. The molecule has 0 spiro atoms. The van der Waals surface area contributed by atoms with E-state index < -0.39 is 0 Å². The molecule has 1 heterocycles. The van der Waals surface area contributed by atoms with Gasteiger partial charge in [-0.25, -0.2) is 0 Å². The summed E-state index contributed by atoms with van der Waals surface area (Å²) in [5.41, 5.74) is 1.74. The number of hydrogen-bond acceptors (Lipinski definition) is 4. The lowest BCUT2D eigenvalue weighted by Crippen LogP contribution is -2.31. The van der Waals surface area contributed by atoms with Crippen LogP contribution in [0.1, 0.15) is 43.5 Å². The van der Waals surface area contributed by atoms with Crippen LogP contribution in [-0.4, -0.2) is 43.2 Å². The van der Waals surface area contributed by atoms with Gasteiger partial charge in [0.2, 0.25) is 0 Å². The summed E-state index contributed by atoms with van der Waals surface area (Å²) in [4.78, 5) is 14.9. The summed E-state index contributed by atoms with van der Waals surface area (Å²) in [6.07, 6.45) is 2.78. The zero-order valence-electron chi connectivity index (χ0n) is 16.8. The van der Waals surface area contributed by atoms with Gasteiger partial charge in [-0.05, 0) is 49.6 Å². The van der Waals surface area contributed by atoms with Gasteiger partial charge < -0.3 is 19.7 Å². The topological polar surface area (TPSA) is 50.8 Å². The third-order valence-electron chi connectivity index (χ3n) is 4.73. The monoisotopic (exact) mass is 382 g/mol. The maximum Gasteiger partial charge on any atom is 0.254 e. The van der Waals surface area contributed by atoms with Gasteiger partial charge in [0.1, 0.15) is 0 Å². The number of likely N-dealkylation sites (tertiary alicyclic amines) is 1. The summed E-state index contributed by atoms with van der Waals surface area (Å²) in [5, 5.41) is 3.51. The molecule has 1 amide bonds. The Morgan fingerprint density at radius 2 is 1.75 bits per heavy atom. The number of carbonyl (C=O) groups is 1. The summed E-state index contributed by atoms with van der Waals surface area (Å²) < 4.78 is 11.6. The van der Waals surface area contributed by atoms with Crippen LogP contribution in [0.3, 0.4) is 0 Å². The van der Waals surface area contributed by atoms with Crippen LogP contribution < -0.4 is 14.8 Å². The van der Waals surface area contributed by atoms with Gasteiger partial charge >= 0.3 is 0 Å². The predicted octanol–water partition coefficient (Wildman–Crippen LogP) is 4.59. The standard InChI is InChI=1S/C23H30N2O3/c1-3-14-27-21-11-10-18(16-22(21)28-15-4-2)23(26)25-13-12-20(17-25)24-19-8-6-5-7-9-19/h5-11,16,20,24H,3-4,12-15,17H2,1-2H3. The van der Waals surface area contributed by atoms with E-state index in [9.17, 15) is 4.79 Å². The van der Waals surface area contributed by atoms with Crippen LogP contribution in [0.5, 0.6) is 11.5 Å². The normalized spacial score (nSPS) is 16.1. The molecule has 0 aliphatic carbocycles. The molecule has 0 aromatic heterocycles.